The summed E-state index contributed by atoms with van der Waals surface area (Å²) in [7, 11) is 0. The normalized spacial score (nSPS) is 14.2. The molecule has 0 saturated carbocycles. The summed E-state index contributed by atoms with van der Waals surface area (Å²) >= 11 is 0. The van der Waals surface area contributed by atoms with Crippen LogP contribution in [0, 0.1) is 12.1 Å². The van der Waals surface area contributed by atoms with E-state index in [-0.39, 0.29) is 32.0 Å². The van der Waals surface area contributed by atoms with Crippen molar-refractivity contribution in [3.63, 3.8) is 0 Å². The summed E-state index contributed by atoms with van der Waals surface area (Å²) in [6.45, 7) is 11.1. The standard InChI is InChI=1S/C51H40N4O.Pt/c1-50(2,3)34-27-28-52-49(29-34)55-45-22-14-13-21-42(45)44-26-24-37(31-47(44)55)56-36-23-25-43-40-19-10-9-17-38(40)39-18-11-12-20-41(39)48-32-51(4,5)54(33-53(48)46(43)30-36)35-15-7-6-8-16-35;/h6-29,32H,1-5H3;/q-2;. The van der Waals surface area contributed by atoms with E-state index in [1.807, 2.05) is 24.4 Å². The van der Waals surface area contributed by atoms with Gasteiger partial charge in [-0.3, -0.25) is 0 Å². The van der Waals surface area contributed by atoms with Gasteiger partial charge in [-0.05, 0) is 71.2 Å². The third-order valence-electron chi connectivity index (χ3n) is 11.0. The molecule has 282 valence electrons. The van der Waals surface area contributed by atoms with E-state index in [9.17, 15) is 0 Å². The molecular formula is C51H40N4OPt-2. The number of rotatable bonds is 4. The molecule has 8 aromatic rings. The van der Waals surface area contributed by atoms with Crippen LogP contribution < -0.4 is 9.64 Å². The van der Waals surface area contributed by atoms with Crippen LogP contribution in [0.3, 0.4) is 0 Å². The Bertz CT molecular complexity index is 2910. The van der Waals surface area contributed by atoms with Crippen LogP contribution in [-0.4, -0.2) is 26.0 Å². The van der Waals surface area contributed by atoms with Crippen LogP contribution in [-0.2, 0) is 26.5 Å². The van der Waals surface area contributed by atoms with Crippen LogP contribution in [0.5, 0.6) is 11.5 Å². The van der Waals surface area contributed by atoms with Crippen LogP contribution in [0.25, 0.3) is 55.6 Å². The Morgan fingerprint density at radius 2 is 1.28 bits per heavy atom. The third-order valence-corrected chi connectivity index (χ3v) is 11.0. The summed E-state index contributed by atoms with van der Waals surface area (Å²) in [5.41, 5.74) is 11.4. The molecule has 10 rings (SSSR count). The summed E-state index contributed by atoms with van der Waals surface area (Å²) in [4.78, 5) is 7.07. The summed E-state index contributed by atoms with van der Waals surface area (Å²) in [5.74, 6) is 2.03. The number of benzene rings is 6. The first kappa shape index (κ1) is 36.6. The maximum atomic E-state index is 6.75. The number of aromatic nitrogens is 2. The average Bonchev–Trinajstić information content (AvgIpc) is 3.54. The molecule has 0 spiro atoms. The van der Waals surface area contributed by atoms with Crippen LogP contribution >= 0.6 is 0 Å². The molecule has 4 heterocycles. The van der Waals surface area contributed by atoms with Gasteiger partial charge in [-0.25, -0.2) is 4.98 Å². The van der Waals surface area contributed by atoms with Crippen molar-refractivity contribution in [2.45, 2.75) is 45.6 Å². The van der Waals surface area contributed by atoms with Gasteiger partial charge < -0.3 is 18.8 Å². The number of hydrogen-bond donors (Lipinski definition) is 0. The Morgan fingerprint density at radius 1 is 0.649 bits per heavy atom. The van der Waals surface area contributed by atoms with E-state index in [2.05, 4.69) is 195 Å². The molecule has 0 fully saturated rings. The van der Waals surface area contributed by atoms with Crippen LogP contribution in [0.15, 0.2) is 152 Å². The number of para-hydroxylation sites is 2. The van der Waals surface area contributed by atoms with Gasteiger partial charge in [0.05, 0.1) is 11.4 Å². The molecule has 57 heavy (non-hydrogen) atoms. The molecule has 6 aromatic carbocycles. The topological polar surface area (TPSA) is 33.3 Å². The molecular weight excluding hydrogens is 880 g/mol. The number of ether oxygens (including phenoxy) is 1. The molecule has 0 bridgehead atoms. The Hall–Kier alpha value is -6.03. The van der Waals surface area contributed by atoms with Gasteiger partial charge in [0.1, 0.15) is 11.4 Å². The van der Waals surface area contributed by atoms with Crippen LogP contribution in [0.4, 0.5) is 11.4 Å². The van der Waals surface area contributed by atoms with E-state index in [0.717, 1.165) is 61.4 Å². The maximum Gasteiger partial charge on any atom is 0.244 e. The average molecular weight is 920 g/mol. The maximum absolute atomic E-state index is 6.75. The SMILES string of the molecule is CC(C)(C)c1ccnc(-n2c3[c-]c(Oc4[c-]c5c(cc4)-c4ccccc4-c4ccccc4C4=CC(C)(C)N(c6ccccc6)[C-]=[N+]45)ccc3c3ccccc32)c1.[Pt]. The van der Waals surface area contributed by atoms with Gasteiger partial charge >= 0.3 is 0 Å². The molecule has 0 N–H and O–H groups in total. The summed E-state index contributed by atoms with van der Waals surface area (Å²) in [6, 6.07) is 56.1. The van der Waals surface area contributed by atoms with Gasteiger partial charge in [0.25, 0.3) is 0 Å². The van der Waals surface area contributed by atoms with Gasteiger partial charge in [0.15, 0.2) is 0 Å². The number of pyridine rings is 1. The fourth-order valence-electron chi connectivity index (χ4n) is 8.19. The minimum Gasteiger partial charge on any atom is -0.510 e. The summed E-state index contributed by atoms with van der Waals surface area (Å²) in [5, 5.41) is 2.23. The zero-order valence-electron chi connectivity index (χ0n) is 32.4. The number of nitrogens with zero attached hydrogens (tertiary/aromatic N) is 4. The molecule has 2 aliphatic heterocycles. The fraction of sp³-hybridized carbons (Fsp3) is 0.137. The second-order valence-corrected chi connectivity index (χ2v) is 16.2. The summed E-state index contributed by atoms with van der Waals surface area (Å²) < 4.78 is 11.1. The molecule has 0 aliphatic carbocycles. The molecule has 5 nitrogen and oxygen atoms in total. The second kappa shape index (κ2) is 13.9. The molecule has 0 unspecified atom stereocenters. The van der Waals surface area contributed by atoms with Crippen molar-refractivity contribution < 1.29 is 30.4 Å². The minimum atomic E-state index is -0.378. The monoisotopic (exact) mass is 919 g/mol. The number of hydrogen-bond acceptors (Lipinski definition) is 3. The Morgan fingerprint density at radius 3 is 2.04 bits per heavy atom. The molecule has 0 saturated heterocycles. The molecule has 6 heteroatoms. The first-order valence-electron chi connectivity index (χ1n) is 19.1. The van der Waals surface area contributed by atoms with Crippen molar-refractivity contribution in [1.82, 2.24) is 9.55 Å². The Labute approximate surface area is 348 Å². The van der Waals surface area contributed by atoms with Crippen molar-refractivity contribution in [1.29, 1.82) is 0 Å². The predicted octanol–water partition coefficient (Wildman–Crippen LogP) is 12.4. The third kappa shape index (κ3) is 6.22. The minimum absolute atomic E-state index is 0. The van der Waals surface area contributed by atoms with Gasteiger partial charge in [-0.15, -0.1) is 35.2 Å². The first-order valence-corrected chi connectivity index (χ1v) is 19.1. The largest absolute Gasteiger partial charge is 0.510 e. The van der Waals surface area contributed by atoms with Gasteiger partial charge in [-0.1, -0.05) is 135 Å². The molecule has 0 radical (unpaired) electrons. The van der Waals surface area contributed by atoms with E-state index in [1.165, 1.54) is 16.7 Å². The first-order chi connectivity index (χ1) is 27.1. The zero-order valence-corrected chi connectivity index (χ0v) is 34.7. The van der Waals surface area contributed by atoms with Crippen LogP contribution in [0.2, 0.25) is 0 Å². The molecule has 0 atom stereocenters. The van der Waals surface area contributed by atoms with Crippen LogP contribution in [0.1, 0.15) is 45.7 Å². The van der Waals surface area contributed by atoms with Crippen molar-refractivity contribution in [3.05, 3.63) is 175 Å². The fourth-order valence-corrected chi connectivity index (χ4v) is 8.19. The zero-order chi connectivity index (χ0) is 38.2. The van der Waals surface area contributed by atoms with E-state index in [0.29, 0.717) is 11.5 Å². The van der Waals surface area contributed by atoms with Crippen molar-refractivity contribution >= 4 is 45.2 Å². The number of fused-ring (bicyclic) bond motifs is 11. The van der Waals surface area contributed by atoms with E-state index in [1.54, 1.807) is 0 Å². The van der Waals surface area contributed by atoms with Crippen molar-refractivity contribution in [2.24, 2.45) is 0 Å². The molecule has 0 amide bonds. The Kier molecular flexibility index (Phi) is 8.90. The number of anilines is 1. The molecule has 2 aliphatic rings. The molecule has 2 aromatic heterocycles. The van der Waals surface area contributed by atoms with Gasteiger partial charge in [-0.2, -0.15) is 12.1 Å². The second-order valence-electron chi connectivity index (χ2n) is 16.2. The van der Waals surface area contributed by atoms with Crippen molar-refractivity contribution in [3.8, 4) is 39.6 Å². The quantitative estimate of drug-likeness (QED) is 0.130. The van der Waals surface area contributed by atoms with Gasteiger partial charge in [0.2, 0.25) is 6.34 Å². The Balaban J connectivity index is 0.00000422. The summed E-state index contributed by atoms with van der Waals surface area (Å²) in [6.07, 6.45) is 8.07. The van der Waals surface area contributed by atoms with Crippen molar-refractivity contribution in [2.75, 3.05) is 4.90 Å². The predicted molar refractivity (Wildman–Crippen MR) is 228 cm³/mol. The van der Waals surface area contributed by atoms with Gasteiger partial charge in [0, 0.05) is 44.3 Å². The van der Waals surface area contributed by atoms with E-state index in [4.69, 9.17) is 9.72 Å². The van der Waals surface area contributed by atoms with E-state index >= 15 is 0 Å². The van der Waals surface area contributed by atoms with E-state index < -0.39 is 0 Å². The smallest absolute Gasteiger partial charge is 0.244 e.